The first kappa shape index (κ1) is 14.1. The van der Waals surface area contributed by atoms with Crippen LogP contribution in [-0.2, 0) is 10.0 Å². The summed E-state index contributed by atoms with van der Waals surface area (Å²) in [5.41, 5.74) is 5.87. The molecule has 0 spiro atoms. The molecular weight excluding hydrogens is 300 g/mol. The summed E-state index contributed by atoms with van der Waals surface area (Å²) >= 11 is 5.86. The second kappa shape index (κ2) is 5.36. The Kier molecular flexibility index (Phi) is 3.79. The van der Waals surface area contributed by atoms with E-state index in [0.29, 0.717) is 0 Å². The molecular formula is C12H9ClN4O2S. The monoisotopic (exact) mass is 308 g/mol. The Bertz CT molecular complexity index is 782. The van der Waals surface area contributed by atoms with Crippen LogP contribution in [0.1, 0.15) is 5.56 Å². The van der Waals surface area contributed by atoms with E-state index in [1.165, 1.54) is 36.5 Å². The van der Waals surface area contributed by atoms with Crippen LogP contribution in [0, 0.1) is 11.3 Å². The summed E-state index contributed by atoms with van der Waals surface area (Å²) in [6.07, 6.45) is 1.29. The van der Waals surface area contributed by atoms with E-state index >= 15 is 0 Å². The van der Waals surface area contributed by atoms with Crippen molar-refractivity contribution in [2.75, 3.05) is 10.5 Å². The van der Waals surface area contributed by atoms with E-state index in [9.17, 15) is 8.42 Å². The summed E-state index contributed by atoms with van der Waals surface area (Å²) < 4.78 is 26.7. The number of nitriles is 1. The van der Waals surface area contributed by atoms with Gasteiger partial charge in [-0.15, -0.1) is 0 Å². The van der Waals surface area contributed by atoms with Gasteiger partial charge in [0, 0.05) is 0 Å². The number of nitrogen functional groups attached to an aromatic ring is 1. The molecule has 0 saturated heterocycles. The average Bonchev–Trinajstić information content (AvgIpc) is 2.41. The van der Waals surface area contributed by atoms with Gasteiger partial charge < -0.3 is 5.73 Å². The van der Waals surface area contributed by atoms with Crippen LogP contribution in [0.2, 0.25) is 5.02 Å². The molecule has 2 rings (SSSR count). The highest BCUT2D eigenvalue weighted by Crippen LogP contribution is 2.24. The van der Waals surface area contributed by atoms with Crippen molar-refractivity contribution in [1.29, 1.82) is 5.26 Å². The number of anilines is 2. The summed E-state index contributed by atoms with van der Waals surface area (Å²) in [5, 5.41) is 8.83. The minimum atomic E-state index is -3.90. The lowest BCUT2D eigenvalue weighted by Crippen LogP contribution is -2.14. The average molecular weight is 309 g/mol. The summed E-state index contributed by atoms with van der Waals surface area (Å²) in [6.45, 7) is 0. The third-order valence-electron chi connectivity index (χ3n) is 2.39. The fourth-order valence-corrected chi connectivity index (χ4v) is 3.02. The maximum absolute atomic E-state index is 12.2. The van der Waals surface area contributed by atoms with Gasteiger partial charge in [0.1, 0.15) is 10.7 Å². The molecule has 1 aromatic heterocycles. The van der Waals surface area contributed by atoms with Gasteiger partial charge in [0.25, 0.3) is 10.0 Å². The van der Waals surface area contributed by atoms with Gasteiger partial charge in [-0.05, 0) is 30.3 Å². The first-order valence-electron chi connectivity index (χ1n) is 5.36. The van der Waals surface area contributed by atoms with Crippen LogP contribution in [0.4, 0.5) is 11.5 Å². The van der Waals surface area contributed by atoms with Gasteiger partial charge in [0.15, 0.2) is 0 Å². The van der Waals surface area contributed by atoms with Gasteiger partial charge in [-0.25, -0.2) is 13.4 Å². The highest BCUT2D eigenvalue weighted by atomic mass is 35.5. The topological polar surface area (TPSA) is 109 Å². The normalized spacial score (nSPS) is 10.8. The Hall–Kier alpha value is -2.30. The molecule has 20 heavy (non-hydrogen) atoms. The highest BCUT2D eigenvalue weighted by molar-refractivity contribution is 7.92. The number of nitrogens with one attached hydrogen (secondary N) is 1. The van der Waals surface area contributed by atoms with Crippen molar-refractivity contribution in [1.82, 2.24) is 4.98 Å². The summed E-state index contributed by atoms with van der Waals surface area (Å²) in [6, 6.07) is 8.79. The molecule has 0 aliphatic carbocycles. The molecule has 1 heterocycles. The lowest BCUT2D eigenvalue weighted by Gasteiger charge is -2.09. The van der Waals surface area contributed by atoms with E-state index in [4.69, 9.17) is 22.6 Å². The van der Waals surface area contributed by atoms with Gasteiger partial charge in [0.05, 0.1) is 28.5 Å². The molecule has 0 saturated carbocycles. The van der Waals surface area contributed by atoms with Crippen LogP contribution in [0.5, 0.6) is 0 Å². The fraction of sp³-hybridized carbons (Fsp3) is 0. The molecule has 0 amide bonds. The molecule has 3 N–H and O–H groups in total. The molecule has 1 aromatic carbocycles. The van der Waals surface area contributed by atoms with E-state index in [2.05, 4.69) is 9.71 Å². The quantitative estimate of drug-likeness (QED) is 0.901. The van der Waals surface area contributed by atoms with Gasteiger partial charge >= 0.3 is 0 Å². The first-order chi connectivity index (χ1) is 9.42. The van der Waals surface area contributed by atoms with Crippen LogP contribution in [0.15, 0.2) is 41.4 Å². The molecule has 0 atom stereocenters. The molecule has 6 nitrogen and oxygen atoms in total. The minimum Gasteiger partial charge on any atom is -0.384 e. The molecule has 102 valence electrons. The number of sulfonamides is 1. The van der Waals surface area contributed by atoms with Crippen LogP contribution in [0.25, 0.3) is 0 Å². The number of halogens is 1. The lowest BCUT2D eigenvalue weighted by atomic mass is 10.2. The van der Waals surface area contributed by atoms with Gasteiger partial charge in [-0.3, -0.25) is 4.72 Å². The second-order valence-electron chi connectivity index (χ2n) is 3.83. The largest absolute Gasteiger partial charge is 0.384 e. The van der Waals surface area contributed by atoms with Crippen LogP contribution < -0.4 is 10.5 Å². The number of rotatable bonds is 3. The smallest absolute Gasteiger partial charge is 0.263 e. The standard InChI is InChI=1S/C12H9ClN4O2S/c13-10-3-1-8(6-14)5-11(10)20(18,19)17-9-2-4-12(15)16-7-9/h1-5,7,17H,(H2,15,16). The Labute approximate surface area is 120 Å². The third kappa shape index (κ3) is 2.99. The van der Waals surface area contributed by atoms with Crippen molar-refractivity contribution in [2.45, 2.75) is 4.90 Å². The highest BCUT2D eigenvalue weighted by Gasteiger charge is 2.18. The number of pyridine rings is 1. The number of hydrogen-bond donors (Lipinski definition) is 2. The third-order valence-corrected chi connectivity index (χ3v) is 4.25. The number of hydrogen-bond acceptors (Lipinski definition) is 5. The van der Waals surface area contributed by atoms with Crippen molar-refractivity contribution >= 4 is 33.1 Å². The van der Waals surface area contributed by atoms with Crippen molar-refractivity contribution in [2.24, 2.45) is 0 Å². The van der Waals surface area contributed by atoms with E-state index in [1.807, 2.05) is 6.07 Å². The van der Waals surface area contributed by atoms with Gasteiger partial charge in [0.2, 0.25) is 0 Å². The molecule has 0 aliphatic heterocycles. The molecule has 0 bridgehead atoms. The van der Waals surface area contributed by atoms with Gasteiger partial charge in [-0.2, -0.15) is 5.26 Å². The molecule has 8 heteroatoms. The van der Waals surface area contributed by atoms with Crippen LogP contribution in [0.3, 0.4) is 0 Å². The predicted molar refractivity (Wildman–Crippen MR) is 75.6 cm³/mol. The van der Waals surface area contributed by atoms with E-state index in [-0.39, 0.29) is 27.0 Å². The molecule has 0 aliphatic rings. The van der Waals surface area contributed by atoms with E-state index in [1.54, 1.807) is 0 Å². The molecule has 0 fully saturated rings. The Morgan fingerprint density at radius 3 is 2.65 bits per heavy atom. The van der Waals surface area contributed by atoms with Crippen molar-refractivity contribution in [3.8, 4) is 6.07 Å². The predicted octanol–water partition coefficient (Wildman–Crippen LogP) is 1.99. The lowest BCUT2D eigenvalue weighted by molar-refractivity contribution is 0.601. The van der Waals surface area contributed by atoms with Crippen LogP contribution >= 0.6 is 11.6 Å². The Morgan fingerprint density at radius 2 is 2.05 bits per heavy atom. The maximum atomic E-state index is 12.2. The number of aromatic nitrogens is 1. The van der Waals surface area contributed by atoms with E-state index < -0.39 is 10.0 Å². The first-order valence-corrected chi connectivity index (χ1v) is 7.22. The number of benzene rings is 1. The number of nitrogens with two attached hydrogens (primary N) is 1. The summed E-state index contributed by atoms with van der Waals surface area (Å²) in [4.78, 5) is 3.61. The van der Waals surface area contributed by atoms with Crippen LogP contribution in [-0.4, -0.2) is 13.4 Å². The van der Waals surface area contributed by atoms with Crippen molar-refractivity contribution in [3.05, 3.63) is 47.1 Å². The second-order valence-corrected chi connectivity index (χ2v) is 5.89. The maximum Gasteiger partial charge on any atom is 0.263 e. The summed E-state index contributed by atoms with van der Waals surface area (Å²) in [5.74, 6) is 0.275. The Morgan fingerprint density at radius 1 is 1.30 bits per heavy atom. The molecule has 2 aromatic rings. The Balaban J connectivity index is 2.40. The van der Waals surface area contributed by atoms with E-state index in [0.717, 1.165) is 0 Å². The zero-order valence-electron chi connectivity index (χ0n) is 10.0. The molecule has 0 unspecified atom stereocenters. The zero-order chi connectivity index (χ0) is 14.8. The SMILES string of the molecule is N#Cc1ccc(Cl)c(S(=O)(=O)Nc2ccc(N)nc2)c1. The van der Waals surface area contributed by atoms with Gasteiger partial charge in [-0.1, -0.05) is 11.6 Å². The number of nitrogens with zero attached hydrogens (tertiary/aromatic N) is 2. The minimum absolute atomic E-state index is 0.0277. The summed E-state index contributed by atoms with van der Waals surface area (Å²) in [7, 11) is -3.90. The van der Waals surface area contributed by atoms with Crippen molar-refractivity contribution < 1.29 is 8.42 Å². The fourth-order valence-electron chi connectivity index (χ4n) is 1.45. The van der Waals surface area contributed by atoms with Crippen molar-refractivity contribution in [3.63, 3.8) is 0 Å². The molecule has 0 radical (unpaired) electrons. The zero-order valence-corrected chi connectivity index (χ0v) is 11.6.